The van der Waals surface area contributed by atoms with Gasteiger partial charge >= 0.3 is 12.1 Å². The number of carbonyl (C=O) groups excluding carboxylic acids is 2. The summed E-state index contributed by atoms with van der Waals surface area (Å²) in [4.78, 5) is 26.4. The van der Waals surface area contributed by atoms with Gasteiger partial charge < -0.3 is 14.6 Å². The molecule has 1 saturated heterocycles. The van der Waals surface area contributed by atoms with Crippen molar-refractivity contribution in [3.63, 3.8) is 0 Å². The maximum atomic E-state index is 13.5. The van der Waals surface area contributed by atoms with Gasteiger partial charge in [0.2, 0.25) is 0 Å². The average molecular weight is 449 g/mol. The zero-order chi connectivity index (χ0) is 23.4. The number of anilines is 1. The molecule has 1 heterocycles. The molecule has 6 nitrogen and oxygen atoms in total. The minimum absolute atomic E-state index is 0.0782. The molecule has 1 N–H and O–H groups in total. The molecule has 0 radical (unpaired) electrons. The number of rotatable bonds is 7. The number of phenolic OH excluding ortho intramolecular Hbond substituents is 1. The van der Waals surface area contributed by atoms with Crippen LogP contribution in [0.3, 0.4) is 0 Å². The molecule has 4 rings (SSSR count). The third-order valence-corrected chi connectivity index (χ3v) is 5.61. The van der Waals surface area contributed by atoms with E-state index in [9.17, 15) is 19.1 Å². The molecule has 1 aliphatic heterocycles. The quantitative estimate of drug-likeness (QED) is 0.504. The largest absolute Gasteiger partial charge is 0.508 e. The van der Waals surface area contributed by atoms with Gasteiger partial charge in [-0.15, -0.1) is 0 Å². The van der Waals surface area contributed by atoms with E-state index in [1.165, 1.54) is 48.2 Å². The number of amides is 1. The number of hydrogen-bond acceptors (Lipinski definition) is 5. The molecule has 0 bridgehead atoms. The van der Waals surface area contributed by atoms with Crippen molar-refractivity contribution in [2.45, 2.75) is 38.0 Å². The highest BCUT2D eigenvalue weighted by atomic mass is 19.1. The first-order chi connectivity index (χ1) is 15.9. The van der Waals surface area contributed by atoms with Gasteiger partial charge in [0.25, 0.3) is 0 Å². The Kier molecular flexibility index (Phi) is 6.58. The molecule has 0 aromatic heterocycles. The molecule has 3 aromatic rings. The van der Waals surface area contributed by atoms with Gasteiger partial charge in [-0.1, -0.05) is 42.5 Å². The van der Waals surface area contributed by atoms with E-state index in [1.807, 2.05) is 30.3 Å². The number of carbonyl (C=O) groups is 2. The van der Waals surface area contributed by atoms with Gasteiger partial charge in [-0.3, -0.25) is 9.69 Å². The predicted octanol–water partition coefficient (Wildman–Crippen LogP) is 5.16. The highest BCUT2D eigenvalue weighted by molar-refractivity contribution is 5.91. The summed E-state index contributed by atoms with van der Waals surface area (Å²) >= 11 is 0. The van der Waals surface area contributed by atoms with Crippen LogP contribution in [0, 0.1) is 5.82 Å². The van der Waals surface area contributed by atoms with Crippen LogP contribution >= 0.6 is 0 Å². The number of aryl methyl sites for hydroxylation is 1. The summed E-state index contributed by atoms with van der Waals surface area (Å²) in [6, 6.07) is 21.0. The van der Waals surface area contributed by atoms with Crippen molar-refractivity contribution < 1.29 is 28.6 Å². The fourth-order valence-corrected chi connectivity index (χ4v) is 4.11. The number of ether oxygens (including phenoxy) is 2. The smallest absolute Gasteiger partial charge is 0.415 e. The molecule has 33 heavy (non-hydrogen) atoms. The fraction of sp³-hybridized carbons (Fsp3) is 0.231. The van der Waals surface area contributed by atoms with Crippen LogP contribution in [0.15, 0.2) is 78.9 Å². The van der Waals surface area contributed by atoms with Gasteiger partial charge in [0.1, 0.15) is 23.7 Å². The van der Waals surface area contributed by atoms with E-state index in [1.54, 1.807) is 12.1 Å². The molecule has 3 aromatic carbocycles. The molecule has 0 aliphatic carbocycles. The highest BCUT2D eigenvalue weighted by Gasteiger charge is 2.48. The second-order valence-electron chi connectivity index (χ2n) is 7.90. The van der Waals surface area contributed by atoms with Crippen LogP contribution in [0.4, 0.5) is 14.9 Å². The second-order valence-corrected chi connectivity index (χ2v) is 7.90. The number of cyclic esters (lactones) is 1. The number of benzene rings is 3. The average Bonchev–Trinajstić information content (AvgIpc) is 3.15. The Bertz CT molecular complexity index is 1100. The topological polar surface area (TPSA) is 76.1 Å². The molecule has 1 amide bonds. The van der Waals surface area contributed by atoms with E-state index in [-0.39, 0.29) is 5.75 Å². The maximum Gasteiger partial charge on any atom is 0.415 e. The molecule has 7 heteroatoms. The van der Waals surface area contributed by atoms with Crippen LogP contribution in [0.1, 0.15) is 30.5 Å². The van der Waals surface area contributed by atoms with E-state index >= 15 is 0 Å². The van der Waals surface area contributed by atoms with Crippen molar-refractivity contribution in [2.75, 3.05) is 4.90 Å². The van der Waals surface area contributed by atoms with E-state index in [4.69, 9.17) is 9.47 Å². The van der Waals surface area contributed by atoms with Crippen LogP contribution in [0.5, 0.6) is 5.75 Å². The number of esters is 1. The summed E-state index contributed by atoms with van der Waals surface area (Å²) in [5.74, 6) is -0.826. The van der Waals surface area contributed by atoms with Crippen LogP contribution in [0.25, 0.3) is 0 Å². The summed E-state index contributed by atoms with van der Waals surface area (Å²) in [6.45, 7) is 1.32. The Morgan fingerprint density at radius 2 is 1.73 bits per heavy atom. The third-order valence-electron chi connectivity index (χ3n) is 5.61. The summed E-state index contributed by atoms with van der Waals surface area (Å²) in [7, 11) is 0. The van der Waals surface area contributed by atoms with Crippen molar-refractivity contribution in [2.24, 2.45) is 0 Å². The maximum absolute atomic E-state index is 13.5. The van der Waals surface area contributed by atoms with Crippen LogP contribution < -0.4 is 4.90 Å². The lowest BCUT2D eigenvalue weighted by atomic mass is 9.93. The van der Waals surface area contributed by atoms with E-state index in [0.29, 0.717) is 24.1 Å². The molecule has 1 fully saturated rings. The number of nitrogens with zero attached hydrogens (tertiary/aromatic N) is 1. The Labute approximate surface area is 191 Å². The van der Waals surface area contributed by atoms with Gasteiger partial charge in [0, 0.05) is 12.6 Å². The Balaban J connectivity index is 1.70. The number of aromatic hydroxyl groups is 1. The lowest BCUT2D eigenvalue weighted by Crippen LogP contribution is -2.38. The standard InChI is InChI=1S/C26H24FNO5/c1-17(29)32-23(16-7-18-5-3-2-4-6-18)25-24(19-8-14-22(30)15-9-19)28(26(31)33-25)21-12-10-20(27)11-13-21/h2-6,8-15,23-25,30H,7,16H2,1H3. The lowest BCUT2D eigenvalue weighted by molar-refractivity contribution is -0.152. The van der Waals surface area contributed by atoms with Crippen LogP contribution in [0.2, 0.25) is 0 Å². The number of phenols is 1. The molecule has 170 valence electrons. The Morgan fingerprint density at radius 3 is 2.36 bits per heavy atom. The highest BCUT2D eigenvalue weighted by Crippen LogP contribution is 2.40. The SMILES string of the molecule is CC(=O)OC(CCc1ccccc1)C1OC(=O)N(c2ccc(F)cc2)C1c1ccc(O)cc1. The lowest BCUT2D eigenvalue weighted by Gasteiger charge is -2.29. The molecular formula is C26H24FNO5. The van der Waals surface area contributed by atoms with E-state index in [0.717, 1.165) is 5.56 Å². The molecule has 1 aliphatic rings. The summed E-state index contributed by atoms with van der Waals surface area (Å²) < 4.78 is 24.9. The molecular weight excluding hydrogens is 425 g/mol. The van der Waals surface area contributed by atoms with Gasteiger partial charge in [-0.25, -0.2) is 9.18 Å². The molecule has 0 saturated carbocycles. The minimum atomic E-state index is -0.806. The van der Waals surface area contributed by atoms with Gasteiger partial charge in [-0.2, -0.15) is 0 Å². The monoisotopic (exact) mass is 449 g/mol. The van der Waals surface area contributed by atoms with Crippen molar-refractivity contribution in [1.82, 2.24) is 0 Å². The zero-order valence-electron chi connectivity index (χ0n) is 18.1. The first-order valence-corrected chi connectivity index (χ1v) is 10.7. The van der Waals surface area contributed by atoms with Crippen molar-refractivity contribution in [3.8, 4) is 5.75 Å². The van der Waals surface area contributed by atoms with Gasteiger partial charge in [-0.05, 0) is 60.4 Å². The van der Waals surface area contributed by atoms with Gasteiger partial charge in [0.15, 0.2) is 6.10 Å². The number of hydrogen-bond donors (Lipinski definition) is 1. The number of halogens is 1. The van der Waals surface area contributed by atoms with E-state index in [2.05, 4.69) is 0 Å². The van der Waals surface area contributed by atoms with Crippen molar-refractivity contribution in [3.05, 3.63) is 95.8 Å². The third kappa shape index (κ3) is 5.14. The summed E-state index contributed by atoms with van der Waals surface area (Å²) in [6.07, 6.45) is -1.09. The predicted molar refractivity (Wildman–Crippen MR) is 120 cm³/mol. The normalized spacial score (nSPS) is 18.6. The van der Waals surface area contributed by atoms with Crippen molar-refractivity contribution in [1.29, 1.82) is 0 Å². The van der Waals surface area contributed by atoms with Gasteiger partial charge in [0.05, 0.1) is 0 Å². The second kappa shape index (κ2) is 9.73. The summed E-state index contributed by atoms with van der Waals surface area (Å²) in [5, 5.41) is 9.75. The molecule has 3 atom stereocenters. The van der Waals surface area contributed by atoms with Crippen LogP contribution in [-0.4, -0.2) is 29.4 Å². The minimum Gasteiger partial charge on any atom is -0.508 e. The van der Waals surface area contributed by atoms with Crippen LogP contribution in [-0.2, 0) is 20.7 Å². The molecule has 0 spiro atoms. The fourth-order valence-electron chi connectivity index (χ4n) is 4.11. The first kappa shape index (κ1) is 22.3. The first-order valence-electron chi connectivity index (χ1n) is 10.7. The van der Waals surface area contributed by atoms with Crippen molar-refractivity contribution >= 4 is 17.7 Å². The Hall–Kier alpha value is -3.87. The zero-order valence-corrected chi connectivity index (χ0v) is 18.1. The molecule has 3 unspecified atom stereocenters. The van der Waals surface area contributed by atoms with E-state index < -0.39 is 36.1 Å². The summed E-state index contributed by atoms with van der Waals surface area (Å²) in [5.41, 5.74) is 2.20. The Morgan fingerprint density at radius 1 is 1.06 bits per heavy atom.